The summed E-state index contributed by atoms with van der Waals surface area (Å²) in [6.45, 7) is 2.27. The van der Waals surface area contributed by atoms with Crippen LogP contribution in [0.3, 0.4) is 0 Å². The molecule has 0 aliphatic rings. The Morgan fingerprint density at radius 1 is 1.44 bits per heavy atom. The van der Waals surface area contributed by atoms with Crippen molar-refractivity contribution in [2.75, 3.05) is 6.61 Å². The quantitative estimate of drug-likeness (QED) is 0.858. The number of phenols is 1. The smallest absolute Gasteiger partial charge is 0.176 e. The Bertz CT molecular complexity index is 554. The van der Waals surface area contributed by atoms with Crippen LogP contribution in [-0.2, 0) is 0 Å². The summed E-state index contributed by atoms with van der Waals surface area (Å²) < 4.78 is 6.71. The summed E-state index contributed by atoms with van der Waals surface area (Å²) in [4.78, 5) is 0. The number of aromatic hydroxyl groups is 1. The van der Waals surface area contributed by atoms with Gasteiger partial charge in [0.2, 0.25) is 0 Å². The third-order valence-corrected chi connectivity index (χ3v) is 2.39. The van der Waals surface area contributed by atoms with Crippen molar-refractivity contribution >= 4 is 17.8 Å². The lowest BCUT2D eigenvalue weighted by Crippen LogP contribution is -1.94. The van der Waals surface area contributed by atoms with Crippen molar-refractivity contribution in [1.82, 2.24) is 14.9 Å². The minimum atomic E-state index is -0.0695. The number of benzene rings is 1. The lowest BCUT2D eigenvalue weighted by atomic mass is 10.2. The highest BCUT2D eigenvalue weighted by Crippen LogP contribution is 2.34. The maximum absolute atomic E-state index is 9.68. The van der Waals surface area contributed by atoms with E-state index in [9.17, 15) is 5.11 Å². The Balaban J connectivity index is 2.28. The fourth-order valence-corrected chi connectivity index (χ4v) is 1.54. The van der Waals surface area contributed by atoms with Gasteiger partial charge in [-0.1, -0.05) is 11.6 Å². The summed E-state index contributed by atoms with van der Waals surface area (Å²) in [6, 6.07) is 3.24. The fraction of sp³-hybridized carbons (Fsp3) is 0.182. The van der Waals surface area contributed by atoms with E-state index in [-0.39, 0.29) is 10.8 Å². The number of nitrogens with zero attached hydrogens (tertiary/aromatic N) is 4. The molecule has 94 valence electrons. The Morgan fingerprint density at radius 3 is 2.83 bits per heavy atom. The molecule has 7 heteroatoms. The lowest BCUT2D eigenvalue weighted by Gasteiger charge is -2.07. The number of hydrogen-bond acceptors (Lipinski definition) is 5. The molecule has 0 aliphatic carbocycles. The second-order valence-corrected chi connectivity index (χ2v) is 3.78. The van der Waals surface area contributed by atoms with Crippen molar-refractivity contribution in [2.24, 2.45) is 5.10 Å². The van der Waals surface area contributed by atoms with Gasteiger partial charge in [-0.05, 0) is 24.6 Å². The molecule has 1 aromatic heterocycles. The third kappa shape index (κ3) is 2.78. The largest absolute Gasteiger partial charge is 0.503 e. The molecule has 1 aromatic carbocycles. The lowest BCUT2D eigenvalue weighted by molar-refractivity contribution is 0.318. The van der Waals surface area contributed by atoms with Gasteiger partial charge in [0.1, 0.15) is 12.7 Å². The Hall–Kier alpha value is -2.08. The molecule has 0 saturated carbocycles. The molecule has 2 aromatic rings. The zero-order chi connectivity index (χ0) is 13.0. The second kappa shape index (κ2) is 5.50. The summed E-state index contributed by atoms with van der Waals surface area (Å²) in [6.07, 6.45) is 4.49. The molecule has 0 saturated heterocycles. The highest BCUT2D eigenvalue weighted by molar-refractivity contribution is 6.32. The molecule has 0 atom stereocenters. The number of hydrogen-bond donors (Lipinski definition) is 1. The SMILES string of the molecule is CCOc1cc(C=Nn2cnnc2)cc(Cl)c1O. The minimum Gasteiger partial charge on any atom is -0.503 e. The van der Waals surface area contributed by atoms with Crippen molar-refractivity contribution in [3.63, 3.8) is 0 Å². The number of halogens is 1. The van der Waals surface area contributed by atoms with Crippen LogP contribution >= 0.6 is 11.6 Å². The molecule has 2 rings (SSSR count). The van der Waals surface area contributed by atoms with Crippen molar-refractivity contribution in [3.05, 3.63) is 35.4 Å². The summed E-state index contributed by atoms with van der Waals surface area (Å²) in [5, 5.41) is 21.2. The molecule has 0 radical (unpaired) electrons. The van der Waals surface area contributed by atoms with Gasteiger partial charge >= 0.3 is 0 Å². The first-order chi connectivity index (χ1) is 8.70. The normalized spacial score (nSPS) is 11.0. The van der Waals surface area contributed by atoms with Gasteiger partial charge in [-0.2, -0.15) is 5.10 Å². The summed E-state index contributed by atoms with van der Waals surface area (Å²) in [5.74, 6) is 0.259. The van der Waals surface area contributed by atoms with Gasteiger partial charge in [0, 0.05) is 0 Å². The number of ether oxygens (including phenoxy) is 1. The standard InChI is InChI=1S/C11H11ClN4O2/c1-2-18-10-4-8(3-9(12)11(10)17)5-15-16-6-13-14-7-16/h3-7,17H,2H2,1H3. The molecule has 6 nitrogen and oxygen atoms in total. The Kier molecular flexibility index (Phi) is 3.78. The van der Waals surface area contributed by atoms with E-state index in [1.54, 1.807) is 18.3 Å². The summed E-state index contributed by atoms with van der Waals surface area (Å²) in [7, 11) is 0. The predicted octanol–water partition coefficient (Wildman–Crippen LogP) is 1.92. The van der Waals surface area contributed by atoms with Crippen LogP contribution < -0.4 is 4.74 Å². The number of phenolic OH excluding ortho intramolecular Hbond substituents is 1. The molecule has 18 heavy (non-hydrogen) atoms. The van der Waals surface area contributed by atoms with Gasteiger partial charge in [0.15, 0.2) is 11.5 Å². The maximum Gasteiger partial charge on any atom is 0.176 e. The molecule has 0 amide bonds. The average Bonchev–Trinajstić information content (AvgIpc) is 2.86. The van der Waals surface area contributed by atoms with Gasteiger partial charge in [0.05, 0.1) is 17.8 Å². The highest BCUT2D eigenvalue weighted by Gasteiger charge is 2.08. The van der Waals surface area contributed by atoms with Crippen molar-refractivity contribution in [3.8, 4) is 11.5 Å². The molecule has 0 fully saturated rings. The van der Waals surface area contributed by atoms with Crippen LogP contribution in [0.25, 0.3) is 0 Å². The van der Waals surface area contributed by atoms with E-state index in [4.69, 9.17) is 16.3 Å². The van der Waals surface area contributed by atoms with Crippen LogP contribution in [0.5, 0.6) is 11.5 Å². The number of rotatable bonds is 4. The van der Waals surface area contributed by atoms with E-state index < -0.39 is 0 Å². The van der Waals surface area contributed by atoms with E-state index in [2.05, 4.69) is 15.3 Å². The van der Waals surface area contributed by atoms with E-state index >= 15 is 0 Å². The molecule has 1 heterocycles. The van der Waals surface area contributed by atoms with Crippen LogP contribution in [0.4, 0.5) is 0 Å². The Morgan fingerprint density at radius 2 is 2.17 bits per heavy atom. The van der Waals surface area contributed by atoms with Crippen LogP contribution in [0, 0.1) is 0 Å². The summed E-state index contributed by atoms with van der Waals surface area (Å²) >= 11 is 5.89. The zero-order valence-corrected chi connectivity index (χ0v) is 10.4. The molecule has 0 spiro atoms. The minimum absolute atomic E-state index is 0.0695. The van der Waals surface area contributed by atoms with E-state index in [1.165, 1.54) is 17.3 Å². The van der Waals surface area contributed by atoms with E-state index in [1.807, 2.05) is 6.92 Å². The third-order valence-electron chi connectivity index (χ3n) is 2.10. The van der Waals surface area contributed by atoms with Gasteiger partial charge < -0.3 is 9.84 Å². The molecular formula is C11H11ClN4O2. The highest BCUT2D eigenvalue weighted by atomic mass is 35.5. The number of aromatic nitrogens is 3. The van der Waals surface area contributed by atoms with Crippen molar-refractivity contribution in [1.29, 1.82) is 0 Å². The maximum atomic E-state index is 9.68. The molecule has 0 aliphatic heterocycles. The van der Waals surface area contributed by atoms with Crippen molar-refractivity contribution < 1.29 is 9.84 Å². The van der Waals surface area contributed by atoms with Crippen LogP contribution in [-0.4, -0.2) is 32.8 Å². The molecule has 0 unspecified atom stereocenters. The predicted molar refractivity (Wildman–Crippen MR) is 67.3 cm³/mol. The molecule has 0 bridgehead atoms. The molecule has 1 N–H and O–H groups in total. The van der Waals surface area contributed by atoms with E-state index in [0.717, 1.165) is 0 Å². The van der Waals surface area contributed by atoms with Gasteiger partial charge in [-0.25, -0.2) is 4.68 Å². The monoisotopic (exact) mass is 266 g/mol. The average molecular weight is 267 g/mol. The van der Waals surface area contributed by atoms with Gasteiger partial charge in [-0.3, -0.25) is 0 Å². The topological polar surface area (TPSA) is 72.5 Å². The van der Waals surface area contributed by atoms with Gasteiger partial charge in [0.25, 0.3) is 0 Å². The fourth-order valence-electron chi connectivity index (χ4n) is 1.32. The van der Waals surface area contributed by atoms with Gasteiger partial charge in [-0.15, -0.1) is 10.2 Å². The van der Waals surface area contributed by atoms with Crippen LogP contribution in [0.1, 0.15) is 12.5 Å². The molecular weight excluding hydrogens is 256 g/mol. The zero-order valence-electron chi connectivity index (χ0n) is 9.62. The summed E-state index contributed by atoms with van der Waals surface area (Å²) in [5.41, 5.74) is 0.704. The second-order valence-electron chi connectivity index (χ2n) is 3.37. The first-order valence-electron chi connectivity index (χ1n) is 5.25. The van der Waals surface area contributed by atoms with Crippen molar-refractivity contribution in [2.45, 2.75) is 6.92 Å². The van der Waals surface area contributed by atoms with Crippen LogP contribution in [0.2, 0.25) is 5.02 Å². The Labute approximate surface area is 108 Å². The first kappa shape index (κ1) is 12.4. The van der Waals surface area contributed by atoms with E-state index in [0.29, 0.717) is 17.9 Å². The first-order valence-corrected chi connectivity index (χ1v) is 5.62. The van der Waals surface area contributed by atoms with Crippen LogP contribution in [0.15, 0.2) is 29.9 Å².